The van der Waals surface area contributed by atoms with Crippen LogP contribution in [0.2, 0.25) is 0 Å². The van der Waals surface area contributed by atoms with Crippen molar-refractivity contribution in [3.05, 3.63) is 48.3 Å². The Bertz CT molecular complexity index is 593. The van der Waals surface area contributed by atoms with Gasteiger partial charge in [-0.2, -0.15) is 0 Å². The first kappa shape index (κ1) is 11.0. The number of benzene rings is 1. The van der Waals surface area contributed by atoms with Crippen LogP contribution in [0.1, 0.15) is 24.5 Å². The maximum Gasteiger partial charge on any atom is 0.124 e. The number of imidazole rings is 2. The number of aromatic amines is 2. The van der Waals surface area contributed by atoms with Crippen LogP contribution in [0.3, 0.4) is 0 Å². The summed E-state index contributed by atoms with van der Waals surface area (Å²) in [5.74, 6) is 0.954. The van der Waals surface area contributed by atoms with Crippen molar-refractivity contribution in [2.24, 2.45) is 0 Å². The number of rotatable bonds is 4. The van der Waals surface area contributed by atoms with Crippen LogP contribution in [0.15, 0.2) is 36.8 Å². The first-order valence-electron chi connectivity index (χ1n) is 5.98. The highest BCUT2D eigenvalue weighted by atomic mass is 15.0. The highest BCUT2D eigenvalue weighted by Gasteiger charge is 2.10. The number of aromatic nitrogens is 4. The number of nitrogens with one attached hydrogen (secondary N) is 3. The molecule has 5 heteroatoms. The molecule has 0 fully saturated rings. The Morgan fingerprint density at radius 2 is 2.22 bits per heavy atom. The molecule has 1 atom stereocenters. The Kier molecular flexibility index (Phi) is 2.82. The lowest BCUT2D eigenvalue weighted by molar-refractivity contribution is 0.547. The second kappa shape index (κ2) is 4.62. The van der Waals surface area contributed by atoms with E-state index in [2.05, 4.69) is 32.2 Å². The largest absolute Gasteiger partial charge is 0.347 e. The molecule has 0 bridgehead atoms. The average molecular weight is 241 g/mol. The molecule has 0 spiro atoms. The quantitative estimate of drug-likeness (QED) is 0.655. The van der Waals surface area contributed by atoms with Gasteiger partial charge in [0.15, 0.2) is 0 Å². The second-order valence-electron chi connectivity index (χ2n) is 4.32. The van der Waals surface area contributed by atoms with E-state index < -0.39 is 0 Å². The molecule has 0 aliphatic rings. The predicted molar refractivity (Wildman–Crippen MR) is 69.9 cm³/mol. The highest BCUT2D eigenvalue weighted by molar-refractivity contribution is 5.74. The molecular weight excluding hydrogens is 226 g/mol. The van der Waals surface area contributed by atoms with Crippen molar-refractivity contribution < 1.29 is 0 Å². The lowest BCUT2D eigenvalue weighted by Crippen LogP contribution is -2.19. The van der Waals surface area contributed by atoms with Gasteiger partial charge >= 0.3 is 0 Å². The summed E-state index contributed by atoms with van der Waals surface area (Å²) >= 11 is 0. The number of fused-ring (bicyclic) bond motifs is 1. The van der Waals surface area contributed by atoms with Crippen LogP contribution in [0.5, 0.6) is 0 Å². The van der Waals surface area contributed by atoms with E-state index in [1.165, 1.54) is 0 Å². The van der Waals surface area contributed by atoms with E-state index in [-0.39, 0.29) is 6.04 Å². The van der Waals surface area contributed by atoms with E-state index in [1.54, 1.807) is 6.33 Å². The third-order valence-electron chi connectivity index (χ3n) is 2.97. The minimum absolute atomic E-state index is 0.167. The van der Waals surface area contributed by atoms with E-state index in [1.807, 2.05) is 30.5 Å². The van der Waals surface area contributed by atoms with Gasteiger partial charge in [-0.15, -0.1) is 0 Å². The molecule has 0 aliphatic carbocycles. The van der Waals surface area contributed by atoms with Crippen molar-refractivity contribution in [1.29, 1.82) is 0 Å². The zero-order valence-electron chi connectivity index (χ0n) is 10.1. The van der Waals surface area contributed by atoms with Crippen LogP contribution in [0.25, 0.3) is 11.0 Å². The molecule has 5 nitrogen and oxygen atoms in total. The number of nitrogens with zero attached hydrogens (tertiary/aromatic N) is 2. The fourth-order valence-corrected chi connectivity index (χ4v) is 1.92. The smallest absolute Gasteiger partial charge is 0.124 e. The van der Waals surface area contributed by atoms with Gasteiger partial charge < -0.3 is 15.3 Å². The van der Waals surface area contributed by atoms with Gasteiger partial charge in [-0.05, 0) is 19.1 Å². The number of para-hydroxylation sites is 2. The van der Waals surface area contributed by atoms with E-state index in [0.717, 1.165) is 29.1 Å². The fraction of sp³-hybridized carbons (Fsp3) is 0.231. The van der Waals surface area contributed by atoms with E-state index in [9.17, 15) is 0 Å². The predicted octanol–water partition coefficient (Wildman–Crippen LogP) is 2.14. The Morgan fingerprint density at radius 1 is 1.33 bits per heavy atom. The molecule has 3 N–H and O–H groups in total. The van der Waals surface area contributed by atoms with Crippen LogP contribution in [-0.2, 0) is 6.54 Å². The van der Waals surface area contributed by atoms with Gasteiger partial charge in [0.2, 0.25) is 0 Å². The van der Waals surface area contributed by atoms with E-state index in [4.69, 9.17) is 0 Å². The molecule has 18 heavy (non-hydrogen) atoms. The van der Waals surface area contributed by atoms with Gasteiger partial charge in [0, 0.05) is 18.4 Å². The van der Waals surface area contributed by atoms with Gasteiger partial charge in [-0.25, -0.2) is 9.97 Å². The SMILES string of the molecule is CC(NCc1cnc[nH]1)c1nc2ccccc2[nH]1. The number of hydrogen-bond acceptors (Lipinski definition) is 3. The zero-order valence-corrected chi connectivity index (χ0v) is 10.1. The van der Waals surface area contributed by atoms with Crippen molar-refractivity contribution in [1.82, 2.24) is 25.3 Å². The van der Waals surface area contributed by atoms with Gasteiger partial charge in [-0.1, -0.05) is 12.1 Å². The first-order chi connectivity index (χ1) is 8.83. The molecule has 0 aliphatic heterocycles. The molecule has 0 radical (unpaired) electrons. The van der Waals surface area contributed by atoms with Crippen LogP contribution < -0.4 is 5.32 Å². The van der Waals surface area contributed by atoms with Crippen molar-refractivity contribution >= 4 is 11.0 Å². The Balaban J connectivity index is 1.73. The minimum Gasteiger partial charge on any atom is -0.347 e. The van der Waals surface area contributed by atoms with Crippen molar-refractivity contribution in [2.45, 2.75) is 19.5 Å². The van der Waals surface area contributed by atoms with Crippen LogP contribution >= 0.6 is 0 Å². The van der Waals surface area contributed by atoms with Gasteiger partial charge in [-0.3, -0.25) is 0 Å². The minimum atomic E-state index is 0.167. The summed E-state index contributed by atoms with van der Waals surface area (Å²) in [5, 5.41) is 3.40. The Labute approximate surface area is 105 Å². The molecule has 0 saturated heterocycles. The van der Waals surface area contributed by atoms with Crippen LogP contribution in [0, 0.1) is 0 Å². The maximum absolute atomic E-state index is 4.57. The standard InChI is InChI=1S/C13H15N5/c1-9(15-7-10-6-14-8-16-10)13-17-11-4-2-3-5-12(11)18-13/h2-6,8-9,15H,7H2,1H3,(H,14,16)(H,17,18). The van der Waals surface area contributed by atoms with Gasteiger partial charge in [0.25, 0.3) is 0 Å². The zero-order chi connectivity index (χ0) is 12.4. The topological polar surface area (TPSA) is 69.4 Å². The van der Waals surface area contributed by atoms with Crippen LogP contribution in [-0.4, -0.2) is 19.9 Å². The monoisotopic (exact) mass is 241 g/mol. The maximum atomic E-state index is 4.57. The van der Waals surface area contributed by atoms with Crippen molar-refractivity contribution in [3.8, 4) is 0 Å². The summed E-state index contributed by atoms with van der Waals surface area (Å²) < 4.78 is 0. The molecule has 3 rings (SSSR count). The fourth-order valence-electron chi connectivity index (χ4n) is 1.92. The summed E-state index contributed by atoms with van der Waals surface area (Å²) in [5.41, 5.74) is 3.14. The second-order valence-corrected chi connectivity index (χ2v) is 4.32. The molecule has 1 unspecified atom stereocenters. The summed E-state index contributed by atoms with van der Waals surface area (Å²) in [4.78, 5) is 14.9. The van der Waals surface area contributed by atoms with Gasteiger partial charge in [0.05, 0.1) is 23.4 Å². The Hall–Kier alpha value is -2.14. The molecule has 0 saturated carbocycles. The first-order valence-corrected chi connectivity index (χ1v) is 5.98. The highest BCUT2D eigenvalue weighted by Crippen LogP contribution is 2.15. The molecule has 92 valence electrons. The molecule has 2 heterocycles. The number of H-pyrrole nitrogens is 2. The summed E-state index contributed by atoms with van der Waals surface area (Å²) in [6, 6.07) is 8.22. The lowest BCUT2D eigenvalue weighted by Gasteiger charge is -2.09. The van der Waals surface area contributed by atoms with E-state index >= 15 is 0 Å². The molecular formula is C13H15N5. The molecule has 2 aromatic heterocycles. The lowest BCUT2D eigenvalue weighted by atomic mass is 10.3. The van der Waals surface area contributed by atoms with Crippen molar-refractivity contribution in [2.75, 3.05) is 0 Å². The summed E-state index contributed by atoms with van der Waals surface area (Å²) in [6.45, 7) is 2.84. The summed E-state index contributed by atoms with van der Waals surface area (Å²) in [6.07, 6.45) is 3.50. The van der Waals surface area contributed by atoms with Crippen molar-refractivity contribution in [3.63, 3.8) is 0 Å². The number of hydrogen-bond donors (Lipinski definition) is 3. The van der Waals surface area contributed by atoms with Crippen LogP contribution in [0.4, 0.5) is 0 Å². The average Bonchev–Trinajstić information content (AvgIpc) is 3.04. The third-order valence-corrected chi connectivity index (χ3v) is 2.97. The Morgan fingerprint density at radius 3 is 3.00 bits per heavy atom. The third kappa shape index (κ3) is 2.12. The van der Waals surface area contributed by atoms with Gasteiger partial charge in [0.1, 0.15) is 5.82 Å². The van der Waals surface area contributed by atoms with E-state index in [0.29, 0.717) is 0 Å². The molecule has 3 aromatic rings. The normalized spacial score (nSPS) is 12.9. The summed E-state index contributed by atoms with van der Waals surface area (Å²) in [7, 11) is 0. The molecule has 0 amide bonds. The molecule has 1 aromatic carbocycles.